The molecule has 0 atom stereocenters. The predicted molar refractivity (Wildman–Crippen MR) is 123 cm³/mol. The summed E-state index contributed by atoms with van der Waals surface area (Å²) in [5.41, 5.74) is 4.25. The SMILES string of the molecule is CCCCn1cc(CN2CCC(c3csc(Nc4cc(C#N)ccn4)n3)CC2)c(C)n1. The Balaban J connectivity index is 1.30. The monoisotopic (exact) mass is 435 g/mol. The van der Waals surface area contributed by atoms with Crippen molar-refractivity contribution in [2.45, 2.75) is 58.5 Å². The third-order valence-electron chi connectivity index (χ3n) is 5.83. The number of pyridine rings is 1. The normalized spacial score (nSPS) is 15.1. The van der Waals surface area contributed by atoms with Crippen molar-refractivity contribution < 1.29 is 0 Å². The predicted octanol–water partition coefficient (Wildman–Crippen LogP) is 4.84. The summed E-state index contributed by atoms with van der Waals surface area (Å²) < 4.78 is 2.10. The highest BCUT2D eigenvalue weighted by Gasteiger charge is 2.23. The summed E-state index contributed by atoms with van der Waals surface area (Å²) in [4.78, 5) is 11.6. The van der Waals surface area contributed by atoms with Crippen LogP contribution in [0.5, 0.6) is 0 Å². The van der Waals surface area contributed by atoms with E-state index >= 15 is 0 Å². The number of thiazole rings is 1. The molecule has 3 aromatic rings. The van der Waals surface area contributed by atoms with Gasteiger partial charge in [0.1, 0.15) is 5.82 Å². The van der Waals surface area contributed by atoms with E-state index < -0.39 is 0 Å². The third-order valence-corrected chi connectivity index (χ3v) is 6.61. The molecular weight excluding hydrogens is 406 g/mol. The summed E-state index contributed by atoms with van der Waals surface area (Å²) in [6, 6.07) is 5.58. The molecule has 1 aliphatic rings. The average Bonchev–Trinajstić information content (AvgIpc) is 3.39. The molecule has 3 aromatic heterocycles. The number of anilines is 2. The Morgan fingerprint density at radius 1 is 1.32 bits per heavy atom. The molecule has 0 aliphatic carbocycles. The van der Waals surface area contributed by atoms with Gasteiger partial charge in [-0.15, -0.1) is 11.3 Å². The number of hydrogen-bond acceptors (Lipinski definition) is 7. The molecule has 0 aromatic carbocycles. The molecule has 1 aliphatic heterocycles. The quantitative estimate of drug-likeness (QED) is 0.545. The zero-order chi connectivity index (χ0) is 21.6. The second-order valence-corrected chi connectivity index (χ2v) is 9.01. The van der Waals surface area contributed by atoms with Gasteiger partial charge in [0.2, 0.25) is 0 Å². The van der Waals surface area contributed by atoms with Crippen molar-refractivity contribution in [1.82, 2.24) is 24.6 Å². The molecule has 4 heterocycles. The molecule has 0 bridgehead atoms. The second-order valence-electron chi connectivity index (χ2n) is 8.15. The number of nitrogens with one attached hydrogen (secondary N) is 1. The highest BCUT2D eigenvalue weighted by molar-refractivity contribution is 7.13. The Kier molecular flexibility index (Phi) is 6.95. The van der Waals surface area contributed by atoms with Crippen molar-refractivity contribution in [3.05, 3.63) is 52.4 Å². The fourth-order valence-corrected chi connectivity index (χ4v) is 4.78. The van der Waals surface area contributed by atoms with E-state index in [1.807, 2.05) is 0 Å². The summed E-state index contributed by atoms with van der Waals surface area (Å²) in [6.45, 7) is 8.49. The van der Waals surface area contributed by atoms with E-state index in [-0.39, 0.29) is 0 Å². The third kappa shape index (κ3) is 5.49. The molecule has 31 heavy (non-hydrogen) atoms. The Hall–Kier alpha value is -2.76. The van der Waals surface area contributed by atoms with Crippen LogP contribution in [0.4, 0.5) is 10.9 Å². The first-order valence-corrected chi connectivity index (χ1v) is 11.9. The van der Waals surface area contributed by atoms with Gasteiger partial charge in [0, 0.05) is 42.3 Å². The molecular formula is C23H29N7S. The molecule has 8 heteroatoms. The van der Waals surface area contributed by atoms with Gasteiger partial charge in [-0.3, -0.25) is 9.58 Å². The van der Waals surface area contributed by atoms with Gasteiger partial charge in [-0.25, -0.2) is 9.97 Å². The summed E-state index contributed by atoms with van der Waals surface area (Å²) in [6.07, 6.45) is 8.47. The van der Waals surface area contributed by atoms with E-state index in [0.29, 0.717) is 17.3 Å². The first kappa shape index (κ1) is 21.5. The topological polar surface area (TPSA) is 82.7 Å². The molecule has 1 N–H and O–H groups in total. The van der Waals surface area contributed by atoms with E-state index in [1.54, 1.807) is 29.7 Å². The summed E-state index contributed by atoms with van der Waals surface area (Å²) in [7, 11) is 0. The summed E-state index contributed by atoms with van der Waals surface area (Å²) in [5, 5.41) is 19.9. The van der Waals surface area contributed by atoms with Crippen molar-refractivity contribution in [3.8, 4) is 6.07 Å². The van der Waals surface area contributed by atoms with Crippen molar-refractivity contribution >= 4 is 22.3 Å². The number of nitrogens with zero attached hydrogens (tertiary/aromatic N) is 6. The van der Waals surface area contributed by atoms with Crippen LogP contribution < -0.4 is 5.32 Å². The fourth-order valence-electron chi connectivity index (χ4n) is 3.99. The molecule has 4 rings (SSSR count). The van der Waals surface area contributed by atoms with E-state index in [4.69, 9.17) is 10.2 Å². The highest BCUT2D eigenvalue weighted by Crippen LogP contribution is 2.32. The van der Waals surface area contributed by atoms with E-state index in [2.05, 4.69) is 56.5 Å². The van der Waals surface area contributed by atoms with Crippen LogP contribution in [0, 0.1) is 18.3 Å². The molecule has 0 amide bonds. The molecule has 1 fully saturated rings. The van der Waals surface area contributed by atoms with Gasteiger partial charge in [0.25, 0.3) is 0 Å². The molecule has 0 radical (unpaired) electrons. The second kappa shape index (κ2) is 10.0. The lowest BCUT2D eigenvalue weighted by Crippen LogP contribution is -2.32. The molecule has 0 unspecified atom stereocenters. The van der Waals surface area contributed by atoms with Gasteiger partial charge >= 0.3 is 0 Å². The molecule has 0 saturated carbocycles. The van der Waals surface area contributed by atoms with Gasteiger partial charge in [-0.2, -0.15) is 10.4 Å². The first-order valence-electron chi connectivity index (χ1n) is 11.0. The number of piperidine rings is 1. The van der Waals surface area contributed by atoms with Gasteiger partial charge in [-0.05, 0) is 51.4 Å². The van der Waals surface area contributed by atoms with Crippen molar-refractivity contribution in [2.24, 2.45) is 0 Å². The maximum atomic E-state index is 9.04. The lowest BCUT2D eigenvalue weighted by molar-refractivity contribution is 0.203. The van der Waals surface area contributed by atoms with Crippen LogP contribution in [0.1, 0.15) is 61.0 Å². The minimum absolute atomic E-state index is 0.495. The maximum absolute atomic E-state index is 9.04. The Morgan fingerprint density at radius 3 is 2.94 bits per heavy atom. The smallest absolute Gasteiger partial charge is 0.188 e. The minimum Gasteiger partial charge on any atom is -0.316 e. The number of rotatable bonds is 8. The van der Waals surface area contributed by atoms with Gasteiger partial charge in [-0.1, -0.05) is 13.3 Å². The molecule has 0 spiro atoms. The zero-order valence-electron chi connectivity index (χ0n) is 18.2. The Bertz CT molecular complexity index is 1040. The lowest BCUT2D eigenvalue weighted by atomic mass is 9.94. The van der Waals surface area contributed by atoms with Crippen molar-refractivity contribution in [2.75, 3.05) is 18.4 Å². The fraction of sp³-hybridized carbons (Fsp3) is 0.478. The van der Waals surface area contributed by atoms with E-state index in [0.717, 1.165) is 55.5 Å². The first-order chi connectivity index (χ1) is 15.1. The van der Waals surface area contributed by atoms with Crippen molar-refractivity contribution in [1.29, 1.82) is 5.26 Å². The number of hydrogen-bond donors (Lipinski definition) is 1. The standard InChI is InChI=1S/C23H29N7S/c1-3-4-9-30-15-20(17(2)28-30)14-29-10-6-19(7-11-29)21-16-31-23(26-21)27-22-12-18(13-24)5-8-25-22/h5,8,12,15-16,19H,3-4,6-7,9-11,14H2,1-2H3,(H,25,26,27). The Labute approximate surface area is 187 Å². The van der Waals surface area contributed by atoms with Gasteiger partial charge < -0.3 is 5.32 Å². The van der Waals surface area contributed by atoms with Gasteiger partial charge in [0.15, 0.2) is 5.13 Å². The minimum atomic E-state index is 0.495. The number of unbranched alkanes of at least 4 members (excludes halogenated alkanes) is 1. The number of aromatic nitrogens is 4. The van der Waals surface area contributed by atoms with Gasteiger partial charge in [0.05, 0.1) is 23.0 Å². The molecule has 1 saturated heterocycles. The number of likely N-dealkylation sites (tertiary alicyclic amines) is 1. The highest BCUT2D eigenvalue weighted by atomic mass is 32.1. The van der Waals surface area contributed by atoms with Crippen LogP contribution in [0.25, 0.3) is 0 Å². The maximum Gasteiger partial charge on any atom is 0.188 e. The number of nitriles is 1. The van der Waals surface area contributed by atoms with E-state index in [1.165, 1.54) is 18.4 Å². The van der Waals surface area contributed by atoms with E-state index in [9.17, 15) is 0 Å². The average molecular weight is 436 g/mol. The molecule has 162 valence electrons. The van der Waals surface area contributed by atoms with Crippen LogP contribution in [0.2, 0.25) is 0 Å². The Morgan fingerprint density at radius 2 is 2.16 bits per heavy atom. The van der Waals surface area contributed by atoms with Crippen LogP contribution in [0.3, 0.4) is 0 Å². The van der Waals surface area contributed by atoms with Crippen LogP contribution in [-0.2, 0) is 13.1 Å². The largest absolute Gasteiger partial charge is 0.316 e. The van der Waals surface area contributed by atoms with Crippen LogP contribution in [-0.4, -0.2) is 37.7 Å². The number of aryl methyl sites for hydroxylation is 2. The van der Waals surface area contributed by atoms with Crippen LogP contribution >= 0.6 is 11.3 Å². The lowest BCUT2D eigenvalue weighted by Gasteiger charge is -2.31. The van der Waals surface area contributed by atoms with Crippen molar-refractivity contribution in [3.63, 3.8) is 0 Å². The summed E-state index contributed by atoms with van der Waals surface area (Å²) in [5.74, 6) is 1.15. The van der Waals surface area contributed by atoms with Crippen LogP contribution in [0.15, 0.2) is 29.9 Å². The zero-order valence-corrected chi connectivity index (χ0v) is 19.0. The molecule has 7 nitrogen and oxygen atoms in total. The summed E-state index contributed by atoms with van der Waals surface area (Å²) >= 11 is 1.60.